The minimum atomic E-state index is -0.233. The van der Waals surface area contributed by atoms with Gasteiger partial charge in [0.05, 0.1) is 13.2 Å². The molecule has 0 bridgehead atoms. The first-order valence-corrected chi connectivity index (χ1v) is 5.63. The quantitative estimate of drug-likeness (QED) is 0.771. The second-order valence-electron chi connectivity index (χ2n) is 4.27. The monoisotopic (exact) mass is 237 g/mol. The Hall–Kier alpha value is -1.39. The Kier molecular flexibility index (Phi) is 5.66. The van der Waals surface area contributed by atoms with Crippen LogP contribution in [0, 0.1) is 5.92 Å². The van der Waals surface area contributed by atoms with Crippen molar-refractivity contribution in [3.63, 3.8) is 0 Å². The number of hydroxylamine groups is 1. The molecule has 4 nitrogen and oxygen atoms in total. The van der Waals surface area contributed by atoms with E-state index in [1.54, 1.807) is 19.2 Å². The van der Waals surface area contributed by atoms with Gasteiger partial charge in [0.1, 0.15) is 0 Å². The molecule has 0 spiro atoms. The first kappa shape index (κ1) is 13.7. The van der Waals surface area contributed by atoms with Crippen LogP contribution in [0.1, 0.15) is 29.8 Å². The molecule has 0 fully saturated rings. The molecule has 94 valence electrons. The summed E-state index contributed by atoms with van der Waals surface area (Å²) in [4.78, 5) is 16.8. The van der Waals surface area contributed by atoms with E-state index >= 15 is 0 Å². The smallest absolute Gasteiger partial charge is 0.274 e. The molecule has 0 saturated carbocycles. The maximum Gasteiger partial charge on any atom is 0.274 e. The molecule has 0 radical (unpaired) electrons. The maximum atomic E-state index is 11.7. The Morgan fingerprint density at radius 1 is 1.41 bits per heavy atom. The fraction of sp³-hybridized carbons (Fsp3) is 0.462. The largest absolute Gasteiger partial charge is 0.380 e. The van der Waals surface area contributed by atoms with E-state index in [0.717, 1.165) is 5.56 Å². The molecule has 0 aliphatic rings. The molecule has 0 atom stereocenters. The Balaban J connectivity index is 2.53. The van der Waals surface area contributed by atoms with Crippen LogP contribution >= 0.6 is 0 Å². The molecule has 1 aromatic carbocycles. The lowest BCUT2D eigenvalue weighted by Gasteiger charge is -2.08. The number of hydrogen-bond acceptors (Lipinski definition) is 3. The first-order valence-electron chi connectivity index (χ1n) is 5.63. The molecule has 0 aromatic heterocycles. The van der Waals surface area contributed by atoms with Crippen molar-refractivity contribution in [1.82, 2.24) is 5.48 Å². The summed E-state index contributed by atoms with van der Waals surface area (Å²) in [6.07, 6.45) is 0. The highest BCUT2D eigenvalue weighted by molar-refractivity contribution is 5.93. The average Bonchev–Trinajstić information content (AvgIpc) is 2.29. The summed E-state index contributed by atoms with van der Waals surface area (Å²) in [6, 6.07) is 7.27. The zero-order valence-corrected chi connectivity index (χ0v) is 10.5. The maximum absolute atomic E-state index is 11.7. The van der Waals surface area contributed by atoms with E-state index in [2.05, 4.69) is 5.48 Å². The topological polar surface area (TPSA) is 47.6 Å². The van der Waals surface area contributed by atoms with Crippen LogP contribution < -0.4 is 5.48 Å². The Morgan fingerprint density at radius 3 is 2.82 bits per heavy atom. The number of nitrogens with one attached hydrogen (secondary N) is 1. The van der Waals surface area contributed by atoms with Gasteiger partial charge >= 0.3 is 0 Å². The summed E-state index contributed by atoms with van der Waals surface area (Å²) in [7, 11) is 1.62. The standard InChI is InChI=1S/C13H19NO3/c1-10(2)8-17-14-13(15)12-6-4-5-11(7-12)9-16-3/h4-7,10H,8-9H2,1-3H3,(H,14,15). The summed E-state index contributed by atoms with van der Waals surface area (Å²) >= 11 is 0. The molecule has 0 saturated heterocycles. The minimum absolute atomic E-state index is 0.233. The van der Waals surface area contributed by atoms with Crippen molar-refractivity contribution >= 4 is 5.91 Å². The molecule has 0 aliphatic carbocycles. The van der Waals surface area contributed by atoms with Gasteiger partial charge in [-0.3, -0.25) is 9.63 Å². The van der Waals surface area contributed by atoms with Crippen LogP contribution in [0.15, 0.2) is 24.3 Å². The predicted octanol–water partition coefficient (Wildman–Crippen LogP) is 2.15. The van der Waals surface area contributed by atoms with Gasteiger partial charge in [0.15, 0.2) is 0 Å². The molecule has 0 aliphatic heterocycles. The molecule has 1 N–H and O–H groups in total. The van der Waals surface area contributed by atoms with Gasteiger partial charge in [-0.05, 0) is 23.6 Å². The molecular formula is C13H19NO3. The second-order valence-corrected chi connectivity index (χ2v) is 4.27. The SMILES string of the molecule is COCc1cccc(C(=O)NOCC(C)C)c1. The first-order chi connectivity index (χ1) is 8.13. The van der Waals surface area contributed by atoms with Gasteiger partial charge in [-0.15, -0.1) is 0 Å². The van der Waals surface area contributed by atoms with E-state index in [1.807, 2.05) is 26.0 Å². The lowest BCUT2D eigenvalue weighted by molar-refractivity contribution is 0.0208. The number of hydrogen-bond donors (Lipinski definition) is 1. The Bertz CT molecular complexity index is 363. The molecule has 0 heterocycles. The third-order valence-corrected chi connectivity index (χ3v) is 2.08. The molecule has 17 heavy (non-hydrogen) atoms. The highest BCUT2D eigenvalue weighted by Gasteiger charge is 2.06. The fourth-order valence-electron chi connectivity index (χ4n) is 1.30. The lowest BCUT2D eigenvalue weighted by atomic mass is 10.1. The van der Waals surface area contributed by atoms with Gasteiger partial charge in [-0.1, -0.05) is 26.0 Å². The Labute approximate surface area is 102 Å². The van der Waals surface area contributed by atoms with E-state index in [1.165, 1.54) is 0 Å². The summed E-state index contributed by atoms with van der Waals surface area (Å²) in [6.45, 7) is 5.04. The van der Waals surface area contributed by atoms with Crippen LogP contribution in [0.4, 0.5) is 0 Å². The highest BCUT2D eigenvalue weighted by Crippen LogP contribution is 2.06. The zero-order valence-electron chi connectivity index (χ0n) is 10.5. The third-order valence-electron chi connectivity index (χ3n) is 2.08. The summed E-state index contributed by atoms with van der Waals surface area (Å²) in [5.74, 6) is 0.152. The number of methoxy groups -OCH3 is 1. The molecule has 1 aromatic rings. The van der Waals surface area contributed by atoms with Crippen molar-refractivity contribution in [3.8, 4) is 0 Å². The predicted molar refractivity (Wildman–Crippen MR) is 65.4 cm³/mol. The molecule has 1 rings (SSSR count). The third kappa shape index (κ3) is 4.97. The van der Waals surface area contributed by atoms with Gasteiger partial charge in [-0.25, -0.2) is 5.48 Å². The number of rotatable bonds is 6. The fourth-order valence-corrected chi connectivity index (χ4v) is 1.30. The number of carbonyl (C=O) groups excluding carboxylic acids is 1. The zero-order chi connectivity index (χ0) is 12.7. The van der Waals surface area contributed by atoms with Crippen LogP contribution in [0.5, 0.6) is 0 Å². The van der Waals surface area contributed by atoms with Gasteiger partial charge in [-0.2, -0.15) is 0 Å². The Morgan fingerprint density at radius 2 is 2.18 bits per heavy atom. The van der Waals surface area contributed by atoms with Crippen molar-refractivity contribution in [2.45, 2.75) is 20.5 Å². The number of amides is 1. The van der Waals surface area contributed by atoms with E-state index in [4.69, 9.17) is 9.57 Å². The van der Waals surface area contributed by atoms with Crippen molar-refractivity contribution in [2.75, 3.05) is 13.7 Å². The van der Waals surface area contributed by atoms with E-state index in [0.29, 0.717) is 24.7 Å². The number of carbonyl (C=O) groups is 1. The number of benzene rings is 1. The molecule has 4 heteroatoms. The lowest BCUT2D eigenvalue weighted by Crippen LogP contribution is -2.25. The van der Waals surface area contributed by atoms with Crippen LogP contribution in [0.25, 0.3) is 0 Å². The van der Waals surface area contributed by atoms with Gasteiger partial charge in [0, 0.05) is 12.7 Å². The van der Waals surface area contributed by atoms with E-state index in [-0.39, 0.29) is 5.91 Å². The van der Waals surface area contributed by atoms with E-state index in [9.17, 15) is 4.79 Å². The van der Waals surface area contributed by atoms with Crippen molar-refractivity contribution in [3.05, 3.63) is 35.4 Å². The molecule has 0 unspecified atom stereocenters. The van der Waals surface area contributed by atoms with Crippen LogP contribution in [0.3, 0.4) is 0 Å². The highest BCUT2D eigenvalue weighted by atomic mass is 16.6. The van der Waals surface area contributed by atoms with Crippen LogP contribution in [0.2, 0.25) is 0 Å². The van der Waals surface area contributed by atoms with Gasteiger partial charge in [0.2, 0.25) is 0 Å². The van der Waals surface area contributed by atoms with Crippen molar-refractivity contribution in [2.24, 2.45) is 5.92 Å². The number of ether oxygens (including phenoxy) is 1. The van der Waals surface area contributed by atoms with Gasteiger partial charge < -0.3 is 4.74 Å². The second kappa shape index (κ2) is 7.04. The van der Waals surface area contributed by atoms with Gasteiger partial charge in [0.25, 0.3) is 5.91 Å². The summed E-state index contributed by atoms with van der Waals surface area (Å²) in [5, 5.41) is 0. The van der Waals surface area contributed by atoms with Crippen molar-refractivity contribution in [1.29, 1.82) is 0 Å². The summed E-state index contributed by atoms with van der Waals surface area (Å²) in [5.41, 5.74) is 3.95. The van der Waals surface area contributed by atoms with Crippen LogP contribution in [-0.2, 0) is 16.2 Å². The summed E-state index contributed by atoms with van der Waals surface area (Å²) < 4.78 is 5.01. The normalized spacial score (nSPS) is 10.6. The molecular weight excluding hydrogens is 218 g/mol. The van der Waals surface area contributed by atoms with Crippen LogP contribution in [-0.4, -0.2) is 19.6 Å². The van der Waals surface area contributed by atoms with E-state index < -0.39 is 0 Å². The molecule has 1 amide bonds. The average molecular weight is 237 g/mol. The minimum Gasteiger partial charge on any atom is -0.380 e. The van der Waals surface area contributed by atoms with Crippen molar-refractivity contribution < 1.29 is 14.4 Å².